The average Bonchev–Trinajstić information content (AvgIpc) is 3.25. The minimum absolute atomic E-state index is 0.0968. The zero-order valence-electron chi connectivity index (χ0n) is 12.0. The van der Waals surface area contributed by atoms with Gasteiger partial charge in [-0.15, -0.1) is 0 Å². The van der Waals surface area contributed by atoms with Crippen molar-refractivity contribution in [1.29, 1.82) is 0 Å². The molecule has 0 amide bonds. The van der Waals surface area contributed by atoms with Gasteiger partial charge in [0.2, 0.25) is 0 Å². The fraction of sp³-hybridized carbons (Fsp3) is 0.571. The number of hydrogen-bond donors (Lipinski definition) is 0. The molecule has 3 rings (SSSR count). The highest BCUT2D eigenvalue weighted by molar-refractivity contribution is 5.80. The van der Waals surface area contributed by atoms with Crippen molar-refractivity contribution in [3.05, 3.63) is 37.4 Å². The Morgan fingerprint density at radius 1 is 1.05 bits per heavy atom. The molecule has 0 saturated heterocycles. The van der Waals surface area contributed by atoms with Crippen LogP contribution in [0.2, 0.25) is 0 Å². The summed E-state index contributed by atoms with van der Waals surface area (Å²) in [6.45, 7) is 3.34. The molecule has 2 aliphatic rings. The van der Waals surface area contributed by atoms with Gasteiger partial charge < -0.3 is 4.90 Å². The highest BCUT2D eigenvalue weighted by Crippen LogP contribution is 2.49. The Balaban J connectivity index is 2.26. The number of benzene rings is 1. The molecule has 112 valence electrons. The van der Waals surface area contributed by atoms with Gasteiger partial charge in [0.1, 0.15) is 0 Å². The van der Waals surface area contributed by atoms with Crippen molar-refractivity contribution < 1.29 is 9.85 Å². The van der Waals surface area contributed by atoms with E-state index in [0.29, 0.717) is 11.1 Å². The monoisotopic (exact) mass is 291 g/mol. The maximum atomic E-state index is 11.5. The number of anilines is 1. The quantitative estimate of drug-likeness (QED) is 0.613. The van der Waals surface area contributed by atoms with Crippen LogP contribution in [0.15, 0.2) is 6.07 Å². The van der Waals surface area contributed by atoms with Gasteiger partial charge in [-0.2, -0.15) is 0 Å². The lowest BCUT2D eigenvalue weighted by molar-refractivity contribution is -0.393. The lowest BCUT2D eigenvalue weighted by Crippen LogP contribution is -2.29. The largest absolute Gasteiger partial charge is 0.354 e. The third-order valence-electron chi connectivity index (χ3n) is 4.28. The van der Waals surface area contributed by atoms with Crippen molar-refractivity contribution in [3.63, 3.8) is 0 Å². The molecule has 0 aliphatic heterocycles. The molecule has 21 heavy (non-hydrogen) atoms. The van der Waals surface area contributed by atoms with Crippen LogP contribution in [0, 0.1) is 34.1 Å². The second-order valence-electron chi connectivity index (χ2n) is 5.92. The van der Waals surface area contributed by atoms with E-state index < -0.39 is 9.85 Å². The van der Waals surface area contributed by atoms with Gasteiger partial charge in [0.05, 0.1) is 9.85 Å². The maximum Gasteiger partial charge on any atom is 0.302 e. The second-order valence-corrected chi connectivity index (χ2v) is 5.92. The molecular weight excluding hydrogens is 274 g/mol. The van der Waals surface area contributed by atoms with E-state index in [1.165, 1.54) is 6.07 Å². The van der Waals surface area contributed by atoms with Gasteiger partial charge in [-0.05, 0) is 45.1 Å². The van der Waals surface area contributed by atoms with Crippen LogP contribution >= 0.6 is 0 Å². The Bertz CT molecular complexity index is 624. The zero-order valence-corrected chi connectivity index (χ0v) is 12.0. The molecule has 0 heterocycles. The lowest BCUT2D eigenvalue weighted by atomic mass is 10.0. The second kappa shape index (κ2) is 4.68. The number of rotatable bonds is 5. The molecule has 0 spiro atoms. The molecule has 1 aromatic carbocycles. The molecule has 0 aromatic heterocycles. The molecule has 2 aliphatic carbocycles. The number of nitro benzene ring substituents is 2. The van der Waals surface area contributed by atoms with Crippen molar-refractivity contribution in [2.24, 2.45) is 0 Å². The molecular formula is C14H17N3O4. The maximum absolute atomic E-state index is 11.5. The van der Waals surface area contributed by atoms with Crippen LogP contribution in [0.3, 0.4) is 0 Å². The number of hydrogen-bond acceptors (Lipinski definition) is 5. The Hall–Kier alpha value is -2.18. The molecule has 0 bridgehead atoms. The molecule has 0 N–H and O–H groups in total. The number of nitro groups is 2. The van der Waals surface area contributed by atoms with Gasteiger partial charge in [0.25, 0.3) is 5.69 Å². The Labute approximate surface area is 121 Å². The van der Waals surface area contributed by atoms with E-state index in [1.54, 1.807) is 13.8 Å². The molecule has 7 heteroatoms. The summed E-state index contributed by atoms with van der Waals surface area (Å²) in [4.78, 5) is 23.9. The minimum atomic E-state index is -0.494. The summed E-state index contributed by atoms with van der Waals surface area (Å²) in [7, 11) is 0. The van der Waals surface area contributed by atoms with Gasteiger partial charge in [0.15, 0.2) is 5.69 Å². The van der Waals surface area contributed by atoms with Gasteiger partial charge in [-0.25, -0.2) is 0 Å². The summed E-state index contributed by atoms with van der Waals surface area (Å²) in [5.74, 6) is 0. The first-order valence-corrected chi connectivity index (χ1v) is 7.13. The van der Waals surface area contributed by atoms with Crippen LogP contribution in [0.4, 0.5) is 17.1 Å². The van der Waals surface area contributed by atoms with Crippen LogP contribution < -0.4 is 4.90 Å². The van der Waals surface area contributed by atoms with E-state index in [1.807, 2.05) is 4.90 Å². The van der Waals surface area contributed by atoms with Crippen LogP contribution in [-0.2, 0) is 0 Å². The van der Waals surface area contributed by atoms with Gasteiger partial charge in [0, 0.05) is 23.7 Å². The van der Waals surface area contributed by atoms with E-state index in [4.69, 9.17) is 0 Å². The van der Waals surface area contributed by atoms with Gasteiger partial charge in [-0.3, -0.25) is 20.2 Å². The Morgan fingerprint density at radius 3 is 1.95 bits per heavy atom. The first-order valence-electron chi connectivity index (χ1n) is 7.13. The van der Waals surface area contributed by atoms with Crippen molar-refractivity contribution >= 4 is 17.1 Å². The van der Waals surface area contributed by atoms with Crippen LogP contribution in [-0.4, -0.2) is 21.9 Å². The van der Waals surface area contributed by atoms with Gasteiger partial charge >= 0.3 is 5.69 Å². The SMILES string of the molecule is Cc1cc([N+](=O)[O-])c(N(C2CC2)C2CC2)c([N+](=O)[O-])c1C. The number of aryl methyl sites for hydroxylation is 1. The standard InChI is InChI=1S/C14H17N3O4/c1-8-7-12(16(18)19)14(13(9(8)2)17(20)21)15(10-3-4-10)11-5-6-11/h7,10-11H,3-6H2,1-2H3. The smallest absolute Gasteiger partial charge is 0.302 e. The van der Waals surface area contributed by atoms with E-state index in [2.05, 4.69) is 0 Å². The summed E-state index contributed by atoms with van der Waals surface area (Å²) >= 11 is 0. The molecule has 0 radical (unpaired) electrons. The van der Waals surface area contributed by atoms with Crippen LogP contribution in [0.5, 0.6) is 0 Å². The fourth-order valence-electron chi connectivity index (χ4n) is 2.85. The highest BCUT2D eigenvalue weighted by Gasteiger charge is 2.46. The van der Waals surface area contributed by atoms with E-state index in [0.717, 1.165) is 25.7 Å². The van der Waals surface area contributed by atoms with Gasteiger partial charge in [-0.1, -0.05) is 0 Å². The van der Waals surface area contributed by atoms with Crippen molar-refractivity contribution in [2.45, 2.75) is 51.6 Å². The summed E-state index contributed by atoms with van der Waals surface area (Å²) in [6.07, 6.45) is 3.82. The zero-order chi connectivity index (χ0) is 15.3. The predicted molar refractivity (Wildman–Crippen MR) is 77.7 cm³/mol. The summed E-state index contributed by atoms with van der Waals surface area (Å²) < 4.78 is 0. The predicted octanol–water partition coefficient (Wildman–Crippen LogP) is 3.25. The number of nitrogens with zero attached hydrogens (tertiary/aromatic N) is 3. The Morgan fingerprint density at radius 2 is 1.57 bits per heavy atom. The molecule has 2 saturated carbocycles. The molecule has 7 nitrogen and oxygen atoms in total. The summed E-state index contributed by atoms with van der Waals surface area (Å²) in [5, 5.41) is 22.9. The first-order chi connectivity index (χ1) is 9.91. The lowest BCUT2D eigenvalue weighted by Gasteiger charge is -2.24. The molecule has 0 unspecified atom stereocenters. The normalized spacial score (nSPS) is 17.6. The first kappa shape index (κ1) is 13.8. The highest BCUT2D eigenvalue weighted by atomic mass is 16.6. The van der Waals surface area contributed by atoms with Crippen LogP contribution in [0.1, 0.15) is 36.8 Å². The molecule has 0 atom stereocenters. The van der Waals surface area contributed by atoms with Crippen molar-refractivity contribution in [3.8, 4) is 0 Å². The average molecular weight is 291 g/mol. The minimum Gasteiger partial charge on any atom is -0.354 e. The third-order valence-corrected chi connectivity index (χ3v) is 4.28. The summed E-state index contributed by atoms with van der Waals surface area (Å²) in [6, 6.07) is 1.91. The van der Waals surface area contributed by atoms with E-state index in [-0.39, 0.29) is 29.1 Å². The molecule has 1 aromatic rings. The summed E-state index contributed by atoms with van der Waals surface area (Å²) in [5.41, 5.74) is 1.10. The fourth-order valence-corrected chi connectivity index (χ4v) is 2.85. The van der Waals surface area contributed by atoms with Crippen molar-refractivity contribution in [1.82, 2.24) is 0 Å². The van der Waals surface area contributed by atoms with E-state index in [9.17, 15) is 20.2 Å². The topological polar surface area (TPSA) is 89.5 Å². The van der Waals surface area contributed by atoms with Crippen molar-refractivity contribution in [2.75, 3.05) is 4.90 Å². The molecule has 2 fully saturated rings. The van der Waals surface area contributed by atoms with Crippen LogP contribution in [0.25, 0.3) is 0 Å². The Kier molecular flexibility index (Phi) is 3.07. The van der Waals surface area contributed by atoms with E-state index >= 15 is 0 Å². The third kappa shape index (κ3) is 2.32.